The Morgan fingerprint density at radius 2 is 2.20 bits per heavy atom. The first-order valence-electron chi connectivity index (χ1n) is 5.29. The molecule has 2 atom stereocenters. The molecule has 1 aromatic rings. The molecule has 1 aromatic carbocycles. The van der Waals surface area contributed by atoms with Gasteiger partial charge in [0.25, 0.3) is 0 Å². The highest BCUT2D eigenvalue weighted by molar-refractivity contribution is 9.10. The van der Waals surface area contributed by atoms with Crippen LogP contribution in [-0.4, -0.2) is 6.10 Å². The van der Waals surface area contributed by atoms with Crippen molar-refractivity contribution in [1.29, 1.82) is 0 Å². The van der Waals surface area contributed by atoms with Crippen LogP contribution in [0, 0.1) is 5.92 Å². The number of halogens is 1. The van der Waals surface area contributed by atoms with E-state index in [0.717, 1.165) is 22.2 Å². The molecule has 3 heteroatoms. The van der Waals surface area contributed by atoms with Crippen molar-refractivity contribution in [2.45, 2.75) is 32.4 Å². The molecule has 2 nitrogen and oxygen atoms in total. The summed E-state index contributed by atoms with van der Waals surface area (Å²) in [6.45, 7) is 4.34. The van der Waals surface area contributed by atoms with Gasteiger partial charge in [-0.2, -0.15) is 0 Å². The summed E-state index contributed by atoms with van der Waals surface area (Å²) in [6, 6.07) is 6.14. The first kappa shape index (κ1) is 11.0. The van der Waals surface area contributed by atoms with E-state index in [1.165, 1.54) is 0 Å². The highest BCUT2D eigenvalue weighted by atomic mass is 79.9. The summed E-state index contributed by atoms with van der Waals surface area (Å²) < 4.78 is 6.98. The third-order valence-corrected chi connectivity index (χ3v) is 3.37. The maximum atomic E-state index is 6.14. The van der Waals surface area contributed by atoms with Crippen LogP contribution in [0.25, 0.3) is 0 Å². The van der Waals surface area contributed by atoms with E-state index in [2.05, 4.69) is 35.8 Å². The van der Waals surface area contributed by atoms with Crippen LogP contribution in [0.2, 0.25) is 0 Å². The highest BCUT2D eigenvalue weighted by Gasteiger charge is 2.27. The summed E-state index contributed by atoms with van der Waals surface area (Å²) in [4.78, 5) is 0. The van der Waals surface area contributed by atoms with E-state index >= 15 is 0 Å². The summed E-state index contributed by atoms with van der Waals surface area (Å²) in [7, 11) is 0. The number of ether oxygens (including phenoxy) is 1. The SMILES string of the molecule is CC(C)[C@H]1C[C@@H](N)c2cc(Br)ccc2O1. The van der Waals surface area contributed by atoms with E-state index in [9.17, 15) is 0 Å². The van der Waals surface area contributed by atoms with Gasteiger partial charge in [0, 0.05) is 22.5 Å². The molecule has 0 unspecified atom stereocenters. The van der Waals surface area contributed by atoms with Gasteiger partial charge in [-0.25, -0.2) is 0 Å². The second kappa shape index (κ2) is 4.14. The Labute approximate surface area is 98.9 Å². The van der Waals surface area contributed by atoms with Crippen LogP contribution in [-0.2, 0) is 0 Å². The van der Waals surface area contributed by atoms with Crippen LogP contribution in [0.5, 0.6) is 5.75 Å². The predicted molar refractivity (Wildman–Crippen MR) is 64.9 cm³/mol. The van der Waals surface area contributed by atoms with E-state index in [-0.39, 0.29) is 12.1 Å². The second-order valence-electron chi connectivity index (χ2n) is 4.42. The van der Waals surface area contributed by atoms with Crippen molar-refractivity contribution >= 4 is 15.9 Å². The quantitative estimate of drug-likeness (QED) is 0.850. The van der Waals surface area contributed by atoms with Crippen LogP contribution in [0.3, 0.4) is 0 Å². The number of hydrogen-bond acceptors (Lipinski definition) is 2. The van der Waals surface area contributed by atoms with Crippen molar-refractivity contribution in [2.24, 2.45) is 11.7 Å². The third-order valence-electron chi connectivity index (χ3n) is 2.88. The molecule has 2 rings (SSSR count). The molecule has 15 heavy (non-hydrogen) atoms. The van der Waals surface area contributed by atoms with Crippen molar-refractivity contribution in [3.05, 3.63) is 28.2 Å². The zero-order chi connectivity index (χ0) is 11.0. The first-order chi connectivity index (χ1) is 7.08. The minimum atomic E-state index is 0.0960. The monoisotopic (exact) mass is 269 g/mol. The molecule has 0 radical (unpaired) electrons. The highest BCUT2D eigenvalue weighted by Crippen LogP contribution is 2.36. The minimum absolute atomic E-state index is 0.0960. The van der Waals surface area contributed by atoms with Crippen molar-refractivity contribution in [1.82, 2.24) is 0 Å². The molecule has 1 heterocycles. The Bertz CT molecular complexity index is 365. The minimum Gasteiger partial charge on any atom is -0.490 e. The molecular formula is C12H16BrNO. The van der Waals surface area contributed by atoms with E-state index in [1.54, 1.807) is 0 Å². The van der Waals surface area contributed by atoms with Crippen LogP contribution < -0.4 is 10.5 Å². The summed E-state index contributed by atoms with van der Waals surface area (Å²) in [5, 5.41) is 0. The lowest BCUT2D eigenvalue weighted by Gasteiger charge is -2.32. The smallest absolute Gasteiger partial charge is 0.124 e. The number of nitrogens with two attached hydrogens (primary N) is 1. The Morgan fingerprint density at radius 3 is 2.87 bits per heavy atom. The van der Waals surface area contributed by atoms with E-state index < -0.39 is 0 Å². The fraction of sp³-hybridized carbons (Fsp3) is 0.500. The number of benzene rings is 1. The van der Waals surface area contributed by atoms with Gasteiger partial charge in [0.2, 0.25) is 0 Å². The summed E-state index contributed by atoms with van der Waals surface area (Å²) in [5.41, 5.74) is 7.25. The number of rotatable bonds is 1. The van der Waals surface area contributed by atoms with Gasteiger partial charge < -0.3 is 10.5 Å². The Morgan fingerprint density at radius 1 is 1.47 bits per heavy atom. The number of fused-ring (bicyclic) bond motifs is 1. The lowest BCUT2D eigenvalue weighted by atomic mass is 9.92. The summed E-state index contributed by atoms with van der Waals surface area (Å²) >= 11 is 3.45. The normalized spacial score (nSPS) is 24.9. The van der Waals surface area contributed by atoms with E-state index in [4.69, 9.17) is 10.5 Å². The summed E-state index contributed by atoms with van der Waals surface area (Å²) in [5.74, 6) is 1.45. The maximum Gasteiger partial charge on any atom is 0.124 e. The Balaban J connectivity index is 2.32. The van der Waals surface area contributed by atoms with Gasteiger partial charge >= 0.3 is 0 Å². The van der Waals surface area contributed by atoms with Gasteiger partial charge in [-0.15, -0.1) is 0 Å². The molecule has 0 fully saturated rings. The number of hydrogen-bond donors (Lipinski definition) is 1. The molecule has 0 aliphatic carbocycles. The third kappa shape index (κ3) is 2.18. The van der Waals surface area contributed by atoms with Crippen molar-refractivity contribution in [3.8, 4) is 5.75 Å². The Kier molecular flexibility index (Phi) is 3.03. The fourth-order valence-electron chi connectivity index (χ4n) is 1.91. The van der Waals surface area contributed by atoms with Gasteiger partial charge in [0.05, 0.1) is 0 Å². The van der Waals surface area contributed by atoms with Gasteiger partial charge in [-0.3, -0.25) is 0 Å². The molecule has 82 valence electrons. The zero-order valence-corrected chi connectivity index (χ0v) is 10.6. The molecule has 0 saturated heterocycles. The summed E-state index contributed by atoms with van der Waals surface area (Å²) in [6.07, 6.45) is 1.15. The fourth-order valence-corrected chi connectivity index (χ4v) is 2.29. The average Bonchev–Trinajstić information content (AvgIpc) is 2.18. The maximum absolute atomic E-state index is 6.14. The van der Waals surface area contributed by atoms with E-state index in [0.29, 0.717) is 5.92 Å². The molecule has 0 aromatic heterocycles. The zero-order valence-electron chi connectivity index (χ0n) is 9.03. The van der Waals surface area contributed by atoms with Gasteiger partial charge in [-0.1, -0.05) is 29.8 Å². The van der Waals surface area contributed by atoms with Crippen LogP contribution in [0.15, 0.2) is 22.7 Å². The van der Waals surface area contributed by atoms with E-state index in [1.807, 2.05) is 12.1 Å². The van der Waals surface area contributed by atoms with Crippen LogP contribution in [0.4, 0.5) is 0 Å². The van der Waals surface area contributed by atoms with Crippen LogP contribution in [0.1, 0.15) is 31.9 Å². The van der Waals surface area contributed by atoms with Gasteiger partial charge in [0.15, 0.2) is 0 Å². The Hall–Kier alpha value is -0.540. The topological polar surface area (TPSA) is 35.2 Å². The van der Waals surface area contributed by atoms with Crippen molar-refractivity contribution in [3.63, 3.8) is 0 Å². The lowest BCUT2D eigenvalue weighted by molar-refractivity contribution is 0.115. The average molecular weight is 270 g/mol. The molecule has 1 aliphatic heterocycles. The van der Waals surface area contributed by atoms with Gasteiger partial charge in [-0.05, 0) is 24.1 Å². The van der Waals surface area contributed by atoms with Gasteiger partial charge in [0.1, 0.15) is 11.9 Å². The largest absolute Gasteiger partial charge is 0.490 e. The molecular weight excluding hydrogens is 254 g/mol. The second-order valence-corrected chi connectivity index (χ2v) is 5.34. The standard InChI is InChI=1S/C12H16BrNO/c1-7(2)12-6-10(14)9-5-8(13)3-4-11(9)15-12/h3-5,7,10,12H,6,14H2,1-2H3/t10-,12-/m1/s1. The molecule has 1 aliphatic rings. The molecule has 0 bridgehead atoms. The predicted octanol–water partition coefficient (Wildman–Crippen LogP) is 3.26. The van der Waals surface area contributed by atoms with Crippen molar-refractivity contribution in [2.75, 3.05) is 0 Å². The molecule has 0 spiro atoms. The lowest BCUT2D eigenvalue weighted by Crippen LogP contribution is -2.33. The van der Waals surface area contributed by atoms with Crippen molar-refractivity contribution < 1.29 is 4.74 Å². The first-order valence-corrected chi connectivity index (χ1v) is 6.09. The molecule has 2 N–H and O–H groups in total. The van der Waals surface area contributed by atoms with Crippen LogP contribution >= 0.6 is 15.9 Å². The molecule has 0 saturated carbocycles. The molecule has 0 amide bonds.